The molecule has 0 unspecified atom stereocenters. The van der Waals surface area contributed by atoms with E-state index in [1.807, 2.05) is 17.0 Å². The van der Waals surface area contributed by atoms with E-state index < -0.39 is 0 Å². The molecule has 35 heavy (non-hydrogen) atoms. The average molecular weight is 480 g/mol. The number of likely N-dealkylation sites (tertiary alicyclic amines) is 2. The van der Waals surface area contributed by atoms with E-state index in [-0.39, 0.29) is 30.1 Å². The summed E-state index contributed by atoms with van der Waals surface area (Å²) < 4.78 is 5.45. The smallest absolute Gasteiger partial charge is 0.229 e. The first kappa shape index (κ1) is 24.0. The van der Waals surface area contributed by atoms with Crippen molar-refractivity contribution in [3.8, 4) is 0 Å². The molecule has 8 nitrogen and oxygen atoms in total. The van der Waals surface area contributed by atoms with Gasteiger partial charge in [-0.2, -0.15) is 4.98 Å². The normalized spacial score (nSPS) is 20.5. The SMILES string of the molecule is CC1(c2noc(C3CC3)n2)CCN(C(=O)CCC(=O)Nc2ccc(CN3CCCCC3)cc2)CC1. The number of piperidine rings is 2. The summed E-state index contributed by atoms with van der Waals surface area (Å²) in [5.74, 6) is 1.90. The van der Waals surface area contributed by atoms with Gasteiger partial charge in [-0.3, -0.25) is 14.5 Å². The number of aromatic nitrogens is 2. The van der Waals surface area contributed by atoms with Crippen molar-refractivity contribution in [3.05, 3.63) is 41.5 Å². The van der Waals surface area contributed by atoms with E-state index in [2.05, 4.69) is 39.4 Å². The zero-order valence-electron chi connectivity index (χ0n) is 20.8. The molecule has 3 aliphatic rings. The lowest BCUT2D eigenvalue weighted by molar-refractivity contribution is -0.134. The fourth-order valence-electron chi connectivity index (χ4n) is 5.12. The predicted molar refractivity (Wildman–Crippen MR) is 133 cm³/mol. The molecule has 1 saturated carbocycles. The summed E-state index contributed by atoms with van der Waals surface area (Å²) in [6, 6.07) is 8.07. The van der Waals surface area contributed by atoms with Crippen LogP contribution >= 0.6 is 0 Å². The van der Waals surface area contributed by atoms with Gasteiger partial charge in [0, 0.05) is 49.5 Å². The summed E-state index contributed by atoms with van der Waals surface area (Å²) in [7, 11) is 0. The number of anilines is 1. The van der Waals surface area contributed by atoms with Gasteiger partial charge in [-0.25, -0.2) is 0 Å². The van der Waals surface area contributed by atoms with Crippen molar-refractivity contribution >= 4 is 17.5 Å². The van der Waals surface area contributed by atoms with Gasteiger partial charge in [0.2, 0.25) is 17.7 Å². The molecule has 1 aliphatic carbocycles. The zero-order valence-corrected chi connectivity index (χ0v) is 20.8. The molecule has 0 spiro atoms. The third-order valence-electron chi connectivity index (χ3n) is 7.79. The highest BCUT2D eigenvalue weighted by Gasteiger charge is 2.39. The summed E-state index contributed by atoms with van der Waals surface area (Å²) >= 11 is 0. The number of hydrogen-bond donors (Lipinski definition) is 1. The number of amides is 2. The number of nitrogens with zero attached hydrogens (tertiary/aromatic N) is 4. The number of nitrogens with one attached hydrogen (secondary N) is 1. The molecule has 1 N–H and O–H groups in total. The minimum absolute atomic E-state index is 0.0332. The van der Waals surface area contributed by atoms with Crippen LogP contribution < -0.4 is 5.32 Å². The number of benzene rings is 1. The number of rotatable bonds is 8. The Balaban J connectivity index is 1.04. The lowest BCUT2D eigenvalue weighted by atomic mass is 9.79. The summed E-state index contributed by atoms with van der Waals surface area (Å²) in [6.07, 6.45) is 8.20. The average Bonchev–Trinajstić information content (AvgIpc) is 3.60. The van der Waals surface area contributed by atoms with Gasteiger partial charge in [-0.15, -0.1) is 0 Å². The molecule has 1 aromatic carbocycles. The highest BCUT2D eigenvalue weighted by atomic mass is 16.5. The minimum Gasteiger partial charge on any atom is -0.343 e. The Bertz CT molecular complexity index is 1020. The first-order valence-corrected chi connectivity index (χ1v) is 13.2. The van der Waals surface area contributed by atoms with E-state index in [9.17, 15) is 9.59 Å². The number of carbonyl (C=O) groups is 2. The van der Waals surface area contributed by atoms with Crippen LogP contribution in [0, 0.1) is 0 Å². The quantitative estimate of drug-likeness (QED) is 0.609. The molecule has 1 aromatic heterocycles. The molecule has 2 aliphatic heterocycles. The van der Waals surface area contributed by atoms with Crippen LogP contribution in [0.5, 0.6) is 0 Å². The summed E-state index contributed by atoms with van der Waals surface area (Å²) in [6.45, 7) is 6.77. The topological polar surface area (TPSA) is 91.6 Å². The first-order chi connectivity index (χ1) is 17.0. The van der Waals surface area contributed by atoms with Crippen molar-refractivity contribution < 1.29 is 14.1 Å². The van der Waals surface area contributed by atoms with Crippen LogP contribution in [0.3, 0.4) is 0 Å². The molecule has 8 heteroatoms. The maximum absolute atomic E-state index is 12.7. The van der Waals surface area contributed by atoms with Gasteiger partial charge >= 0.3 is 0 Å². The van der Waals surface area contributed by atoms with Crippen LogP contribution in [0.4, 0.5) is 5.69 Å². The van der Waals surface area contributed by atoms with E-state index >= 15 is 0 Å². The van der Waals surface area contributed by atoms with Crippen LogP contribution in [0.1, 0.15) is 87.9 Å². The molecule has 0 bridgehead atoms. The zero-order chi connectivity index (χ0) is 24.3. The van der Waals surface area contributed by atoms with Gasteiger partial charge in [0.15, 0.2) is 5.82 Å². The van der Waals surface area contributed by atoms with Gasteiger partial charge in [0.1, 0.15) is 0 Å². The van der Waals surface area contributed by atoms with E-state index in [1.165, 1.54) is 37.9 Å². The van der Waals surface area contributed by atoms with Crippen molar-refractivity contribution in [2.24, 2.45) is 0 Å². The molecule has 2 amide bonds. The molecule has 5 rings (SSSR count). The molecule has 0 radical (unpaired) electrons. The Morgan fingerprint density at radius 2 is 1.74 bits per heavy atom. The van der Waals surface area contributed by atoms with Crippen molar-refractivity contribution in [1.82, 2.24) is 19.9 Å². The van der Waals surface area contributed by atoms with Crippen LogP contribution in [-0.4, -0.2) is 57.9 Å². The highest BCUT2D eigenvalue weighted by Crippen LogP contribution is 2.41. The summed E-state index contributed by atoms with van der Waals surface area (Å²) in [4.78, 5) is 34.2. The van der Waals surface area contributed by atoms with Gasteiger partial charge in [0.05, 0.1) is 0 Å². The Morgan fingerprint density at radius 1 is 1.03 bits per heavy atom. The molecular weight excluding hydrogens is 442 g/mol. The third kappa shape index (κ3) is 6.10. The van der Waals surface area contributed by atoms with Crippen LogP contribution in [0.15, 0.2) is 28.8 Å². The van der Waals surface area contributed by atoms with E-state index in [1.54, 1.807) is 0 Å². The van der Waals surface area contributed by atoms with Gasteiger partial charge < -0.3 is 14.7 Å². The van der Waals surface area contributed by atoms with Gasteiger partial charge in [-0.1, -0.05) is 30.6 Å². The Kier molecular flexibility index (Phi) is 7.18. The van der Waals surface area contributed by atoms with Crippen LogP contribution in [-0.2, 0) is 21.5 Å². The summed E-state index contributed by atoms with van der Waals surface area (Å²) in [5.41, 5.74) is 1.89. The minimum atomic E-state index is -0.162. The van der Waals surface area contributed by atoms with Crippen molar-refractivity contribution in [2.45, 2.75) is 82.6 Å². The van der Waals surface area contributed by atoms with Crippen molar-refractivity contribution in [2.75, 3.05) is 31.5 Å². The molecule has 2 saturated heterocycles. The first-order valence-electron chi connectivity index (χ1n) is 13.2. The standard InChI is InChI=1S/C27H37N5O3/c1-27(26-29-25(35-30-26)21-7-8-21)13-17-32(18-14-27)24(34)12-11-23(33)28-22-9-5-20(6-10-22)19-31-15-3-2-4-16-31/h5-6,9-10,21H,2-4,7-8,11-19H2,1H3,(H,28,33). The maximum Gasteiger partial charge on any atom is 0.229 e. The maximum atomic E-state index is 12.7. The Hall–Kier alpha value is -2.74. The van der Waals surface area contributed by atoms with Gasteiger partial charge in [0.25, 0.3) is 0 Å². The second-order valence-electron chi connectivity index (χ2n) is 10.8. The molecule has 0 atom stereocenters. The van der Waals surface area contributed by atoms with Crippen LogP contribution in [0.25, 0.3) is 0 Å². The second kappa shape index (κ2) is 10.5. The molecule has 3 fully saturated rings. The lowest BCUT2D eigenvalue weighted by Gasteiger charge is -2.37. The number of hydrogen-bond acceptors (Lipinski definition) is 6. The molecule has 188 valence electrons. The van der Waals surface area contributed by atoms with Crippen LogP contribution in [0.2, 0.25) is 0 Å². The van der Waals surface area contributed by atoms with E-state index in [0.717, 1.165) is 49.6 Å². The van der Waals surface area contributed by atoms with E-state index in [0.29, 0.717) is 19.0 Å². The fraction of sp³-hybridized carbons (Fsp3) is 0.630. The monoisotopic (exact) mass is 479 g/mol. The fourth-order valence-corrected chi connectivity index (χ4v) is 5.12. The van der Waals surface area contributed by atoms with Crippen molar-refractivity contribution in [3.63, 3.8) is 0 Å². The molecule has 2 aromatic rings. The highest BCUT2D eigenvalue weighted by molar-refractivity contribution is 5.93. The van der Waals surface area contributed by atoms with E-state index in [4.69, 9.17) is 4.52 Å². The second-order valence-corrected chi connectivity index (χ2v) is 10.8. The summed E-state index contributed by atoms with van der Waals surface area (Å²) in [5, 5.41) is 7.16. The van der Waals surface area contributed by atoms with Gasteiger partial charge in [-0.05, 0) is 69.3 Å². The predicted octanol–water partition coefficient (Wildman–Crippen LogP) is 4.23. The molecular formula is C27H37N5O3. The largest absolute Gasteiger partial charge is 0.343 e. The van der Waals surface area contributed by atoms with Crippen molar-refractivity contribution in [1.29, 1.82) is 0 Å². The third-order valence-corrected chi connectivity index (χ3v) is 7.79. The Labute approximate surface area is 207 Å². The Morgan fingerprint density at radius 3 is 2.43 bits per heavy atom. The number of carbonyl (C=O) groups excluding carboxylic acids is 2. The lowest BCUT2D eigenvalue weighted by Crippen LogP contribution is -2.44. The molecule has 3 heterocycles.